The minimum atomic E-state index is -0.871. The summed E-state index contributed by atoms with van der Waals surface area (Å²) >= 11 is 0. The van der Waals surface area contributed by atoms with Crippen LogP contribution in [0.3, 0.4) is 0 Å². The first-order valence-electron chi connectivity index (χ1n) is 29.7. The van der Waals surface area contributed by atoms with Crippen LogP contribution in [0.2, 0.25) is 0 Å². The van der Waals surface area contributed by atoms with Gasteiger partial charge in [-0.15, -0.1) is 0 Å². The molecular formula is C63H115NO3. The summed E-state index contributed by atoms with van der Waals surface area (Å²) < 4.78 is 0. The highest BCUT2D eigenvalue weighted by molar-refractivity contribution is 5.76. The fourth-order valence-electron chi connectivity index (χ4n) is 8.87. The van der Waals surface area contributed by atoms with Gasteiger partial charge in [0.05, 0.1) is 18.8 Å². The van der Waals surface area contributed by atoms with E-state index in [1.807, 2.05) is 6.08 Å². The topological polar surface area (TPSA) is 69.6 Å². The predicted molar refractivity (Wildman–Crippen MR) is 299 cm³/mol. The number of hydrogen-bond acceptors (Lipinski definition) is 3. The van der Waals surface area contributed by atoms with Crippen molar-refractivity contribution in [3.05, 3.63) is 72.9 Å². The van der Waals surface area contributed by atoms with Gasteiger partial charge in [0.25, 0.3) is 0 Å². The van der Waals surface area contributed by atoms with Crippen LogP contribution in [-0.4, -0.2) is 34.9 Å². The Labute approximate surface area is 419 Å². The third-order valence-corrected chi connectivity index (χ3v) is 13.4. The number of aliphatic hydroxyl groups excluding tert-OH is 2. The normalized spacial score (nSPS) is 13.3. The Kier molecular flexibility index (Phi) is 56.3. The molecule has 0 aliphatic rings. The van der Waals surface area contributed by atoms with E-state index in [0.717, 1.165) is 51.4 Å². The van der Waals surface area contributed by atoms with Gasteiger partial charge in [0.2, 0.25) is 5.91 Å². The third kappa shape index (κ3) is 54.6. The van der Waals surface area contributed by atoms with Crippen LogP contribution in [0.1, 0.15) is 303 Å². The second-order valence-electron chi connectivity index (χ2n) is 20.0. The van der Waals surface area contributed by atoms with Gasteiger partial charge in [-0.1, -0.05) is 286 Å². The van der Waals surface area contributed by atoms with E-state index in [-0.39, 0.29) is 12.5 Å². The Bertz CT molecular complexity index is 1150. The predicted octanol–water partition coefficient (Wildman–Crippen LogP) is 19.8. The molecule has 0 fully saturated rings. The first-order chi connectivity index (χ1) is 33.2. The third-order valence-electron chi connectivity index (χ3n) is 13.4. The standard InChI is InChI=1S/C63H115NO3/c1-3-5-7-9-11-13-15-17-19-21-22-23-24-25-26-27-28-29-30-31-32-33-34-35-36-37-38-39-40-41-42-43-45-47-49-51-53-55-57-59-63(67)64-61(60-65)62(66)58-56-54-52-50-48-46-44-20-18-16-14-12-10-8-6-4-2/h15,17-18,20-22,24-25,48,50,56,58,61-62,65-66H,3-14,16,19,23,26-47,49,51-55,57,59-60H2,1-2H3,(H,64,67)/b17-15-,20-18+,22-21-,25-24-,50-48+,58-56+. The molecule has 0 bridgehead atoms. The number of hydrogen-bond donors (Lipinski definition) is 3. The molecule has 2 unspecified atom stereocenters. The van der Waals surface area contributed by atoms with Crippen molar-refractivity contribution in [2.75, 3.05) is 6.61 Å². The average molecular weight is 935 g/mol. The zero-order valence-electron chi connectivity index (χ0n) is 44.9. The van der Waals surface area contributed by atoms with Crippen molar-refractivity contribution in [2.45, 2.75) is 315 Å². The summed E-state index contributed by atoms with van der Waals surface area (Å²) in [6, 6.07) is -0.646. The van der Waals surface area contributed by atoms with Gasteiger partial charge in [0.15, 0.2) is 0 Å². The number of aliphatic hydroxyl groups is 2. The molecule has 0 heterocycles. The quantitative estimate of drug-likeness (QED) is 0.0420. The lowest BCUT2D eigenvalue weighted by molar-refractivity contribution is -0.123. The highest BCUT2D eigenvalue weighted by atomic mass is 16.3. The van der Waals surface area contributed by atoms with Crippen LogP contribution in [0.5, 0.6) is 0 Å². The Hall–Kier alpha value is -2.17. The lowest BCUT2D eigenvalue weighted by Gasteiger charge is -2.19. The van der Waals surface area contributed by atoms with Crippen LogP contribution in [-0.2, 0) is 4.79 Å². The molecule has 0 saturated heterocycles. The largest absolute Gasteiger partial charge is 0.394 e. The van der Waals surface area contributed by atoms with Gasteiger partial charge in [-0.2, -0.15) is 0 Å². The second-order valence-corrected chi connectivity index (χ2v) is 20.0. The van der Waals surface area contributed by atoms with E-state index in [9.17, 15) is 15.0 Å². The number of carbonyl (C=O) groups is 1. The number of carbonyl (C=O) groups excluding carboxylic acids is 1. The zero-order valence-corrected chi connectivity index (χ0v) is 44.9. The maximum atomic E-state index is 12.5. The Balaban J connectivity index is 3.45. The van der Waals surface area contributed by atoms with Gasteiger partial charge in [-0.05, 0) is 83.5 Å². The minimum Gasteiger partial charge on any atom is -0.394 e. The van der Waals surface area contributed by atoms with Crippen molar-refractivity contribution in [1.82, 2.24) is 5.32 Å². The molecule has 2 atom stereocenters. The molecule has 0 aromatic carbocycles. The van der Waals surface area contributed by atoms with Gasteiger partial charge < -0.3 is 15.5 Å². The van der Waals surface area contributed by atoms with E-state index in [4.69, 9.17) is 0 Å². The van der Waals surface area contributed by atoms with Gasteiger partial charge >= 0.3 is 0 Å². The van der Waals surface area contributed by atoms with E-state index in [2.05, 4.69) is 79.9 Å². The van der Waals surface area contributed by atoms with E-state index in [0.29, 0.717) is 6.42 Å². The van der Waals surface area contributed by atoms with E-state index < -0.39 is 12.1 Å². The summed E-state index contributed by atoms with van der Waals surface area (Å²) in [6.07, 6.45) is 83.7. The number of rotatable bonds is 54. The average Bonchev–Trinajstić information content (AvgIpc) is 3.33. The maximum Gasteiger partial charge on any atom is 0.220 e. The summed E-state index contributed by atoms with van der Waals surface area (Å²) in [4.78, 5) is 12.5. The molecule has 0 aromatic heterocycles. The summed E-state index contributed by atoms with van der Waals surface area (Å²) in [5.74, 6) is -0.0753. The molecule has 1 amide bonds. The molecule has 390 valence electrons. The molecule has 0 aliphatic heterocycles. The lowest BCUT2D eigenvalue weighted by Crippen LogP contribution is -2.45. The fraction of sp³-hybridized carbons (Fsp3) is 0.794. The van der Waals surface area contributed by atoms with E-state index >= 15 is 0 Å². The molecule has 0 saturated carbocycles. The molecule has 0 radical (unpaired) electrons. The Morgan fingerprint density at radius 1 is 0.358 bits per heavy atom. The van der Waals surface area contributed by atoms with Crippen molar-refractivity contribution in [3.63, 3.8) is 0 Å². The maximum absolute atomic E-state index is 12.5. The van der Waals surface area contributed by atoms with E-state index in [1.165, 1.54) is 231 Å². The second kappa shape index (κ2) is 58.1. The van der Waals surface area contributed by atoms with Crippen molar-refractivity contribution in [3.8, 4) is 0 Å². The van der Waals surface area contributed by atoms with E-state index in [1.54, 1.807) is 6.08 Å². The highest BCUT2D eigenvalue weighted by Gasteiger charge is 2.18. The molecule has 0 rings (SSSR count). The molecular weight excluding hydrogens is 819 g/mol. The van der Waals surface area contributed by atoms with Crippen molar-refractivity contribution >= 4 is 5.91 Å². The molecule has 0 spiro atoms. The molecule has 4 heteroatoms. The van der Waals surface area contributed by atoms with Crippen LogP contribution < -0.4 is 5.32 Å². The molecule has 67 heavy (non-hydrogen) atoms. The summed E-state index contributed by atoms with van der Waals surface area (Å²) in [7, 11) is 0. The highest BCUT2D eigenvalue weighted by Crippen LogP contribution is 2.17. The van der Waals surface area contributed by atoms with Gasteiger partial charge in [-0.3, -0.25) is 4.79 Å². The van der Waals surface area contributed by atoms with Crippen molar-refractivity contribution < 1.29 is 15.0 Å². The summed E-state index contributed by atoms with van der Waals surface area (Å²) in [5.41, 5.74) is 0. The van der Waals surface area contributed by atoms with Gasteiger partial charge in [0.1, 0.15) is 0 Å². The van der Waals surface area contributed by atoms with Gasteiger partial charge in [0, 0.05) is 6.42 Å². The number of nitrogens with one attached hydrogen (secondary N) is 1. The first-order valence-corrected chi connectivity index (χ1v) is 29.7. The summed E-state index contributed by atoms with van der Waals surface area (Å²) in [5, 5.41) is 23.1. The molecule has 4 nitrogen and oxygen atoms in total. The SMILES string of the molecule is CCCCCCC/C=C\C/C=C\C/C=C\CCCCCCCCCCCCCCCCCCCCCCCCCCC(=O)NC(CO)C(O)/C=C/CC/C=C/CC/C=C/CCCCCCCC. The summed E-state index contributed by atoms with van der Waals surface area (Å²) in [6.45, 7) is 4.28. The zero-order chi connectivity index (χ0) is 48.5. The molecule has 0 aliphatic carbocycles. The smallest absolute Gasteiger partial charge is 0.220 e. The number of amides is 1. The fourth-order valence-corrected chi connectivity index (χ4v) is 8.87. The Morgan fingerprint density at radius 3 is 0.970 bits per heavy atom. The van der Waals surface area contributed by atoms with Crippen LogP contribution in [0.25, 0.3) is 0 Å². The lowest BCUT2D eigenvalue weighted by atomic mass is 10.0. The van der Waals surface area contributed by atoms with Crippen LogP contribution in [0, 0.1) is 0 Å². The first kappa shape index (κ1) is 64.8. The van der Waals surface area contributed by atoms with Crippen molar-refractivity contribution in [1.29, 1.82) is 0 Å². The van der Waals surface area contributed by atoms with Crippen LogP contribution in [0.15, 0.2) is 72.9 Å². The minimum absolute atomic E-state index is 0.0753. The Morgan fingerprint density at radius 2 is 0.627 bits per heavy atom. The molecule has 0 aromatic rings. The van der Waals surface area contributed by atoms with Gasteiger partial charge in [-0.25, -0.2) is 0 Å². The van der Waals surface area contributed by atoms with Crippen LogP contribution in [0.4, 0.5) is 0 Å². The monoisotopic (exact) mass is 934 g/mol. The number of allylic oxidation sites excluding steroid dienone is 11. The molecule has 3 N–H and O–H groups in total. The number of unbranched alkanes of at least 4 members (excludes halogenated alkanes) is 37. The van der Waals surface area contributed by atoms with Crippen LogP contribution >= 0.6 is 0 Å². The van der Waals surface area contributed by atoms with Crippen molar-refractivity contribution in [2.24, 2.45) is 0 Å².